The summed E-state index contributed by atoms with van der Waals surface area (Å²) in [6.45, 7) is 0.486. The predicted octanol–water partition coefficient (Wildman–Crippen LogP) is 2.44. The first-order valence-corrected chi connectivity index (χ1v) is 9.32. The Morgan fingerprint density at radius 1 is 1.00 bits per heavy atom. The van der Waals surface area contributed by atoms with Gasteiger partial charge in [0, 0.05) is 16.8 Å². The van der Waals surface area contributed by atoms with Crippen molar-refractivity contribution in [2.24, 2.45) is 0 Å². The summed E-state index contributed by atoms with van der Waals surface area (Å²) in [6.07, 6.45) is 2.88. The van der Waals surface area contributed by atoms with E-state index in [1.54, 1.807) is 35.1 Å². The molecule has 9 nitrogen and oxygen atoms in total. The number of aromatic amines is 1. The van der Waals surface area contributed by atoms with Crippen molar-refractivity contribution < 1.29 is 9.59 Å². The molecule has 2 aromatic heterocycles. The number of carbonyl (C=O) groups excluding carboxylic acids is 2. The van der Waals surface area contributed by atoms with Crippen LogP contribution in [0.2, 0.25) is 5.02 Å². The summed E-state index contributed by atoms with van der Waals surface area (Å²) >= 11 is 5.98. The molecule has 150 valence electrons. The Bertz CT molecular complexity index is 1160. The molecule has 3 N–H and O–H groups in total. The van der Waals surface area contributed by atoms with E-state index in [1.165, 1.54) is 6.20 Å². The Balaban J connectivity index is 1.59. The first kappa shape index (κ1) is 19.3. The first-order valence-electron chi connectivity index (χ1n) is 8.94. The number of rotatable bonds is 5. The second-order valence-corrected chi connectivity index (χ2v) is 6.78. The minimum absolute atomic E-state index is 0.0491. The SMILES string of the molecule is O=C(NNC(=O)c1cn(Cc2ccccc2)nc1-c1ccc(Cl)cc1)c1cn[nH]n1. The monoisotopic (exact) mass is 421 g/mol. The zero-order valence-electron chi connectivity index (χ0n) is 15.5. The number of hydrogen-bond acceptors (Lipinski definition) is 5. The Morgan fingerprint density at radius 2 is 1.73 bits per heavy atom. The lowest BCUT2D eigenvalue weighted by molar-refractivity contribution is 0.0844. The van der Waals surface area contributed by atoms with Crippen LogP contribution in [0.5, 0.6) is 0 Å². The third kappa shape index (κ3) is 4.36. The Hall–Kier alpha value is -3.98. The number of aromatic nitrogens is 5. The molecule has 0 fully saturated rings. The molecule has 2 aromatic carbocycles. The van der Waals surface area contributed by atoms with E-state index in [4.69, 9.17) is 11.6 Å². The van der Waals surface area contributed by atoms with Crippen LogP contribution in [-0.4, -0.2) is 37.0 Å². The van der Waals surface area contributed by atoms with Crippen LogP contribution in [0, 0.1) is 0 Å². The van der Waals surface area contributed by atoms with Gasteiger partial charge in [0.2, 0.25) is 0 Å². The fourth-order valence-electron chi connectivity index (χ4n) is 2.82. The zero-order chi connectivity index (χ0) is 20.9. The molecular weight excluding hydrogens is 406 g/mol. The molecule has 0 radical (unpaired) electrons. The van der Waals surface area contributed by atoms with Crippen LogP contribution in [0.3, 0.4) is 0 Å². The number of nitrogens with zero attached hydrogens (tertiary/aromatic N) is 4. The highest BCUT2D eigenvalue weighted by Crippen LogP contribution is 2.24. The lowest BCUT2D eigenvalue weighted by Crippen LogP contribution is -2.41. The summed E-state index contributed by atoms with van der Waals surface area (Å²) in [5.74, 6) is -1.11. The van der Waals surface area contributed by atoms with Gasteiger partial charge in [-0.05, 0) is 17.7 Å². The fraction of sp³-hybridized carbons (Fsp3) is 0.0500. The van der Waals surface area contributed by atoms with Gasteiger partial charge in [0.15, 0.2) is 5.69 Å². The van der Waals surface area contributed by atoms with Crippen LogP contribution in [0.4, 0.5) is 0 Å². The molecule has 0 aliphatic rings. The van der Waals surface area contributed by atoms with Crippen molar-refractivity contribution >= 4 is 23.4 Å². The number of H-pyrrole nitrogens is 1. The number of halogens is 1. The van der Waals surface area contributed by atoms with Crippen LogP contribution in [-0.2, 0) is 6.54 Å². The van der Waals surface area contributed by atoms with E-state index in [2.05, 4.69) is 31.4 Å². The van der Waals surface area contributed by atoms with E-state index in [0.29, 0.717) is 22.8 Å². The van der Waals surface area contributed by atoms with Crippen LogP contribution in [0.1, 0.15) is 26.4 Å². The van der Waals surface area contributed by atoms with Crippen molar-refractivity contribution in [1.82, 2.24) is 36.0 Å². The molecule has 30 heavy (non-hydrogen) atoms. The molecule has 0 saturated heterocycles. The number of hydrazine groups is 1. The predicted molar refractivity (Wildman–Crippen MR) is 110 cm³/mol. The highest BCUT2D eigenvalue weighted by molar-refractivity contribution is 6.30. The average Bonchev–Trinajstić information content (AvgIpc) is 3.44. The topological polar surface area (TPSA) is 118 Å². The van der Waals surface area contributed by atoms with E-state index in [1.807, 2.05) is 30.3 Å². The number of hydrogen-bond donors (Lipinski definition) is 3. The van der Waals surface area contributed by atoms with Gasteiger partial charge < -0.3 is 0 Å². The van der Waals surface area contributed by atoms with Gasteiger partial charge >= 0.3 is 0 Å². The third-order valence-electron chi connectivity index (χ3n) is 4.25. The standard InChI is InChI=1S/C20H16ClN7O2/c21-15-8-6-14(7-9-15)18-16(12-28(26-18)11-13-4-2-1-3-5-13)19(29)24-25-20(30)17-10-22-27-23-17/h1-10,12H,11H2,(H,24,29)(H,25,30)(H,22,23,27). The Kier molecular flexibility index (Phi) is 5.53. The van der Waals surface area contributed by atoms with Gasteiger partial charge in [-0.2, -0.15) is 20.5 Å². The van der Waals surface area contributed by atoms with Crippen LogP contribution in [0.25, 0.3) is 11.3 Å². The van der Waals surface area contributed by atoms with E-state index in [-0.39, 0.29) is 5.69 Å². The van der Waals surface area contributed by atoms with Gasteiger partial charge in [0.05, 0.1) is 18.3 Å². The molecule has 0 spiro atoms. The van der Waals surface area contributed by atoms with Gasteiger partial charge in [-0.1, -0.05) is 54.1 Å². The van der Waals surface area contributed by atoms with Crippen LogP contribution < -0.4 is 10.9 Å². The molecule has 0 unspecified atom stereocenters. The molecular formula is C20H16ClN7O2. The normalized spacial score (nSPS) is 10.6. The number of carbonyl (C=O) groups is 2. The third-order valence-corrected chi connectivity index (χ3v) is 4.50. The smallest absolute Gasteiger partial charge is 0.267 e. The molecule has 0 saturated carbocycles. The second kappa shape index (κ2) is 8.58. The first-order chi connectivity index (χ1) is 14.6. The second-order valence-electron chi connectivity index (χ2n) is 6.34. The lowest BCUT2D eigenvalue weighted by atomic mass is 10.1. The van der Waals surface area contributed by atoms with E-state index >= 15 is 0 Å². The molecule has 2 heterocycles. The van der Waals surface area contributed by atoms with Crippen LogP contribution >= 0.6 is 11.6 Å². The number of nitrogens with one attached hydrogen (secondary N) is 3. The number of benzene rings is 2. The molecule has 2 amide bonds. The number of amides is 2. The molecule has 10 heteroatoms. The van der Waals surface area contributed by atoms with Crippen molar-refractivity contribution in [2.45, 2.75) is 6.54 Å². The lowest BCUT2D eigenvalue weighted by Gasteiger charge is -2.06. The maximum Gasteiger partial charge on any atom is 0.291 e. The summed E-state index contributed by atoms with van der Waals surface area (Å²) in [6, 6.07) is 16.8. The molecule has 0 bridgehead atoms. The van der Waals surface area contributed by atoms with Crippen molar-refractivity contribution in [3.05, 3.63) is 88.8 Å². The Morgan fingerprint density at radius 3 is 2.43 bits per heavy atom. The van der Waals surface area contributed by atoms with Gasteiger partial charge in [0.25, 0.3) is 11.8 Å². The van der Waals surface area contributed by atoms with Crippen LogP contribution in [0.15, 0.2) is 67.0 Å². The van der Waals surface area contributed by atoms with Crippen molar-refractivity contribution in [2.75, 3.05) is 0 Å². The quantitative estimate of drug-likeness (QED) is 0.428. The summed E-state index contributed by atoms with van der Waals surface area (Å²) in [7, 11) is 0. The summed E-state index contributed by atoms with van der Waals surface area (Å²) in [4.78, 5) is 24.8. The van der Waals surface area contributed by atoms with Crippen molar-refractivity contribution in [1.29, 1.82) is 0 Å². The average molecular weight is 422 g/mol. The summed E-state index contributed by atoms with van der Waals surface area (Å²) in [5.41, 5.74) is 7.27. The minimum atomic E-state index is -0.596. The molecule has 4 rings (SSSR count). The molecule has 0 aliphatic carbocycles. The van der Waals surface area contributed by atoms with Gasteiger partial charge in [-0.15, -0.1) is 0 Å². The Labute approximate surface area is 176 Å². The maximum atomic E-state index is 12.8. The van der Waals surface area contributed by atoms with Gasteiger partial charge in [-0.3, -0.25) is 25.1 Å². The van der Waals surface area contributed by atoms with Crippen molar-refractivity contribution in [3.8, 4) is 11.3 Å². The summed E-state index contributed by atoms with van der Waals surface area (Å²) in [5, 5.41) is 14.7. The fourth-order valence-corrected chi connectivity index (χ4v) is 2.94. The van der Waals surface area contributed by atoms with Gasteiger partial charge in [-0.25, -0.2) is 0 Å². The van der Waals surface area contributed by atoms with E-state index < -0.39 is 11.8 Å². The largest absolute Gasteiger partial charge is 0.291 e. The molecule has 0 aliphatic heterocycles. The maximum absolute atomic E-state index is 12.8. The van der Waals surface area contributed by atoms with E-state index in [0.717, 1.165) is 11.1 Å². The summed E-state index contributed by atoms with van der Waals surface area (Å²) < 4.78 is 1.67. The minimum Gasteiger partial charge on any atom is -0.267 e. The highest BCUT2D eigenvalue weighted by Gasteiger charge is 2.19. The molecule has 0 atom stereocenters. The van der Waals surface area contributed by atoms with Crippen molar-refractivity contribution in [3.63, 3.8) is 0 Å². The highest BCUT2D eigenvalue weighted by atomic mass is 35.5. The van der Waals surface area contributed by atoms with Gasteiger partial charge in [0.1, 0.15) is 5.69 Å². The van der Waals surface area contributed by atoms with E-state index in [9.17, 15) is 9.59 Å². The molecule has 4 aromatic rings. The zero-order valence-corrected chi connectivity index (χ0v) is 16.3.